The van der Waals surface area contributed by atoms with Gasteiger partial charge in [-0.1, -0.05) is 0 Å². The Kier molecular flexibility index (Phi) is 3.19. The summed E-state index contributed by atoms with van der Waals surface area (Å²) in [6.45, 7) is 2.47. The second-order valence-electron chi connectivity index (χ2n) is 4.23. The Morgan fingerprint density at radius 2 is 2.23 bits per heavy atom. The SMILES string of the molecule is OC(CNC1CCCOC1)C1CC1. The van der Waals surface area contributed by atoms with Crippen molar-refractivity contribution in [3.05, 3.63) is 0 Å². The third-order valence-corrected chi connectivity index (χ3v) is 2.94. The topological polar surface area (TPSA) is 41.5 Å². The molecule has 0 aromatic carbocycles. The summed E-state index contributed by atoms with van der Waals surface area (Å²) in [4.78, 5) is 0. The zero-order chi connectivity index (χ0) is 9.10. The van der Waals surface area contributed by atoms with E-state index in [1.807, 2.05) is 0 Å². The van der Waals surface area contributed by atoms with Gasteiger partial charge in [-0.25, -0.2) is 0 Å². The molecule has 3 heteroatoms. The van der Waals surface area contributed by atoms with Gasteiger partial charge in [0.25, 0.3) is 0 Å². The van der Waals surface area contributed by atoms with E-state index in [1.54, 1.807) is 0 Å². The lowest BCUT2D eigenvalue weighted by atomic mass is 10.1. The van der Waals surface area contributed by atoms with E-state index in [-0.39, 0.29) is 6.10 Å². The maximum absolute atomic E-state index is 9.62. The second kappa shape index (κ2) is 4.40. The quantitative estimate of drug-likeness (QED) is 0.671. The van der Waals surface area contributed by atoms with Crippen LogP contribution >= 0.6 is 0 Å². The zero-order valence-electron chi connectivity index (χ0n) is 8.04. The molecule has 1 aliphatic heterocycles. The van der Waals surface area contributed by atoms with Crippen molar-refractivity contribution in [1.29, 1.82) is 0 Å². The summed E-state index contributed by atoms with van der Waals surface area (Å²) < 4.78 is 5.35. The van der Waals surface area contributed by atoms with E-state index in [0.717, 1.165) is 26.2 Å². The van der Waals surface area contributed by atoms with Crippen LogP contribution in [-0.2, 0) is 4.74 Å². The molecule has 1 saturated carbocycles. The van der Waals surface area contributed by atoms with Gasteiger partial charge >= 0.3 is 0 Å². The van der Waals surface area contributed by atoms with Gasteiger partial charge < -0.3 is 15.2 Å². The van der Waals surface area contributed by atoms with Crippen molar-refractivity contribution in [2.45, 2.75) is 37.8 Å². The van der Waals surface area contributed by atoms with Crippen molar-refractivity contribution in [3.63, 3.8) is 0 Å². The highest BCUT2D eigenvalue weighted by atomic mass is 16.5. The lowest BCUT2D eigenvalue weighted by Crippen LogP contribution is -2.41. The Morgan fingerprint density at radius 3 is 2.85 bits per heavy atom. The largest absolute Gasteiger partial charge is 0.392 e. The third-order valence-electron chi connectivity index (χ3n) is 2.94. The van der Waals surface area contributed by atoms with Crippen molar-refractivity contribution in [1.82, 2.24) is 5.32 Å². The van der Waals surface area contributed by atoms with Crippen LogP contribution in [0.1, 0.15) is 25.7 Å². The highest BCUT2D eigenvalue weighted by Gasteiger charge is 2.29. The number of rotatable bonds is 4. The highest BCUT2D eigenvalue weighted by molar-refractivity contribution is 4.83. The zero-order valence-corrected chi connectivity index (χ0v) is 8.04. The molecule has 1 aliphatic carbocycles. The molecule has 2 aliphatic rings. The number of hydrogen-bond donors (Lipinski definition) is 2. The molecule has 2 atom stereocenters. The molecule has 2 fully saturated rings. The molecule has 1 saturated heterocycles. The van der Waals surface area contributed by atoms with E-state index >= 15 is 0 Å². The minimum Gasteiger partial charge on any atom is -0.392 e. The van der Waals surface area contributed by atoms with Crippen LogP contribution in [0.15, 0.2) is 0 Å². The summed E-state index contributed by atoms with van der Waals surface area (Å²) in [6.07, 6.45) is 4.64. The lowest BCUT2D eigenvalue weighted by Gasteiger charge is -2.24. The molecular weight excluding hydrogens is 166 g/mol. The highest BCUT2D eigenvalue weighted by Crippen LogP contribution is 2.32. The Morgan fingerprint density at radius 1 is 1.38 bits per heavy atom. The van der Waals surface area contributed by atoms with E-state index < -0.39 is 0 Å². The van der Waals surface area contributed by atoms with Crippen LogP contribution in [0.3, 0.4) is 0 Å². The fraction of sp³-hybridized carbons (Fsp3) is 1.00. The first-order valence-electron chi connectivity index (χ1n) is 5.35. The summed E-state index contributed by atoms with van der Waals surface area (Å²) >= 11 is 0. The third kappa shape index (κ3) is 2.93. The van der Waals surface area contributed by atoms with Gasteiger partial charge in [-0.15, -0.1) is 0 Å². The summed E-state index contributed by atoms with van der Waals surface area (Å²) in [7, 11) is 0. The van der Waals surface area contributed by atoms with Gasteiger partial charge in [0, 0.05) is 19.2 Å². The molecule has 2 N–H and O–H groups in total. The van der Waals surface area contributed by atoms with E-state index in [2.05, 4.69) is 5.32 Å². The van der Waals surface area contributed by atoms with Crippen LogP contribution < -0.4 is 5.32 Å². The number of aliphatic hydroxyl groups excluding tert-OH is 1. The molecule has 0 aromatic rings. The maximum Gasteiger partial charge on any atom is 0.0692 e. The second-order valence-corrected chi connectivity index (χ2v) is 4.23. The van der Waals surface area contributed by atoms with Crippen molar-refractivity contribution in [2.75, 3.05) is 19.8 Å². The van der Waals surface area contributed by atoms with Gasteiger partial charge in [-0.2, -0.15) is 0 Å². The van der Waals surface area contributed by atoms with E-state index in [4.69, 9.17) is 4.74 Å². The van der Waals surface area contributed by atoms with Crippen LogP contribution in [0.2, 0.25) is 0 Å². The van der Waals surface area contributed by atoms with Crippen molar-refractivity contribution in [3.8, 4) is 0 Å². The Bertz CT molecular complexity index is 153. The standard InChI is InChI=1S/C10H19NO2/c12-10(8-3-4-8)6-11-9-2-1-5-13-7-9/h8-12H,1-7H2. The Balaban J connectivity index is 1.60. The molecule has 1 heterocycles. The molecule has 0 radical (unpaired) electrons. The van der Waals surface area contributed by atoms with Gasteiger partial charge in [0.15, 0.2) is 0 Å². The average molecular weight is 185 g/mol. The molecule has 0 spiro atoms. The van der Waals surface area contributed by atoms with E-state index in [0.29, 0.717) is 12.0 Å². The molecule has 0 aromatic heterocycles. The summed E-state index contributed by atoms with van der Waals surface area (Å²) in [5.41, 5.74) is 0. The van der Waals surface area contributed by atoms with E-state index in [9.17, 15) is 5.11 Å². The smallest absolute Gasteiger partial charge is 0.0692 e. The van der Waals surface area contributed by atoms with Crippen molar-refractivity contribution >= 4 is 0 Å². The Hall–Kier alpha value is -0.120. The Labute approximate surface area is 79.5 Å². The average Bonchev–Trinajstić information content (AvgIpc) is 2.99. The van der Waals surface area contributed by atoms with Crippen LogP contribution in [0.5, 0.6) is 0 Å². The molecule has 13 heavy (non-hydrogen) atoms. The predicted octanol–water partition coefficient (Wildman–Crippen LogP) is 0.526. The summed E-state index contributed by atoms with van der Waals surface area (Å²) in [5, 5.41) is 13.0. The number of hydrogen-bond acceptors (Lipinski definition) is 3. The number of aliphatic hydroxyl groups is 1. The first kappa shape index (κ1) is 9.44. The van der Waals surface area contributed by atoms with Gasteiger partial charge in [0.1, 0.15) is 0 Å². The van der Waals surface area contributed by atoms with Crippen LogP contribution in [0, 0.1) is 5.92 Å². The minimum atomic E-state index is -0.123. The number of nitrogens with one attached hydrogen (secondary N) is 1. The van der Waals surface area contributed by atoms with E-state index in [1.165, 1.54) is 19.3 Å². The van der Waals surface area contributed by atoms with Crippen molar-refractivity contribution < 1.29 is 9.84 Å². The van der Waals surface area contributed by atoms with Gasteiger partial charge in [0.05, 0.1) is 12.7 Å². The molecule has 0 bridgehead atoms. The molecule has 76 valence electrons. The summed E-state index contributed by atoms with van der Waals surface area (Å²) in [6, 6.07) is 0.474. The maximum atomic E-state index is 9.62. The van der Waals surface area contributed by atoms with Gasteiger partial charge in [0.2, 0.25) is 0 Å². The molecule has 3 nitrogen and oxygen atoms in total. The first-order chi connectivity index (χ1) is 6.36. The molecule has 2 rings (SSSR count). The number of ether oxygens (including phenoxy) is 1. The fourth-order valence-corrected chi connectivity index (χ4v) is 1.84. The summed E-state index contributed by atoms with van der Waals surface area (Å²) in [5.74, 6) is 0.581. The predicted molar refractivity (Wildman–Crippen MR) is 50.6 cm³/mol. The molecular formula is C10H19NO2. The van der Waals surface area contributed by atoms with Gasteiger partial charge in [-0.3, -0.25) is 0 Å². The first-order valence-corrected chi connectivity index (χ1v) is 5.35. The van der Waals surface area contributed by atoms with Crippen LogP contribution in [0.25, 0.3) is 0 Å². The normalized spacial score (nSPS) is 31.6. The fourth-order valence-electron chi connectivity index (χ4n) is 1.84. The lowest BCUT2D eigenvalue weighted by molar-refractivity contribution is 0.0619. The minimum absolute atomic E-state index is 0.123. The van der Waals surface area contributed by atoms with Crippen LogP contribution in [-0.4, -0.2) is 37.0 Å². The van der Waals surface area contributed by atoms with Crippen molar-refractivity contribution in [2.24, 2.45) is 5.92 Å². The van der Waals surface area contributed by atoms with Crippen LogP contribution in [0.4, 0.5) is 0 Å². The van der Waals surface area contributed by atoms with Gasteiger partial charge in [-0.05, 0) is 31.6 Å². The molecule has 2 unspecified atom stereocenters. The monoisotopic (exact) mass is 185 g/mol. The molecule has 0 amide bonds.